The van der Waals surface area contributed by atoms with Gasteiger partial charge in [-0.2, -0.15) is 9.47 Å². The molecule has 148 valence electrons. The molecule has 0 aromatic carbocycles. The summed E-state index contributed by atoms with van der Waals surface area (Å²) in [6.07, 6.45) is 1.85. The van der Waals surface area contributed by atoms with Gasteiger partial charge in [-0.15, -0.1) is 0 Å². The second kappa shape index (κ2) is 8.69. The number of hydrogen-bond acceptors (Lipinski definition) is 6. The van der Waals surface area contributed by atoms with Gasteiger partial charge in [0.25, 0.3) is 0 Å². The Hall–Kier alpha value is -2.16. The van der Waals surface area contributed by atoms with E-state index in [1.165, 1.54) is 22.8 Å². The van der Waals surface area contributed by atoms with E-state index in [1.807, 2.05) is 18.8 Å². The molecule has 1 fully saturated rings. The first-order valence-corrected chi connectivity index (χ1v) is 10.3. The van der Waals surface area contributed by atoms with Crippen LogP contribution in [0, 0.1) is 13.8 Å². The molecule has 3 rings (SSSR count). The number of piperazine rings is 1. The van der Waals surface area contributed by atoms with Gasteiger partial charge in [0, 0.05) is 70.5 Å². The zero-order valence-corrected chi connectivity index (χ0v) is 17.8. The van der Waals surface area contributed by atoms with E-state index in [4.69, 9.17) is 0 Å². The molecule has 1 aliphatic rings. The average Bonchev–Trinajstić information content (AvgIpc) is 3.25. The fourth-order valence-corrected chi connectivity index (χ4v) is 4.24. The first-order valence-electron chi connectivity index (χ1n) is 9.55. The molecule has 1 saturated heterocycles. The lowest BCUT2D eigenvalue weighted by atomic mass is 10.1. The van der Waals surface area contributed by atoms with Gasteiger partial charge in [0.15, 0.2) is 5.96 Å². The molecule has 2 aromatic heterocycles. The summed E-state index contributed by atoms with van der Waals surface area (Å²) in [7, 11) is 3.85. The number of hydrogen-bond donors (Lipinski definition) is 1. The minimum Gasteiger partial charge on any atom is -0.356 e. The summed E-state index contributed by atoms with van der Waals surface area (Å²) in [6, 6.07) is 0. The van der Waals surface area contributed by atoms with Crippen LogP contribution in [-0.4, -0.2) is 69.8 Å². The Kier molecular flexibility index (Phi) is 6.30. The normalized spacial score (nSPS) is 15.5. The Morgan fingerprint density at radius 3 is 2.52 bits per heavy atom. The van der Waals surface area contributed by atoms with Crippen molar-refractivity contribution in [2.24, 2.45) is 12.0 Å². The molecule has 0 bridgehead atoms. The van der Waals surface area contributed by atoms with Gasteiger partial charge in [-0.05, 0) is 25.8 Å². The lowest BCUT2D eigenvalue weighted by Gasteiger charge is -2.36. The number of aryl methyl sites for hydroxylation is 3. The standard InChI is InChI=1S/C18H30N8S/c1-6-16-21-18(27-23-16)26-11-9-25(10-12-26)17(19-4)20-8-7-15-13(2)22-24(5)14(15)3/h6-12H2,1-5H3,(H,19,20). The van der Waals surface area contributed by atoms with Crippen LogP contribution in [0.2, 0.25) is 0 Å². The molecule has 0 saturated carbocycles. The number of aromatic nitrogens is 4. The van der Waals surface area contributed by atoms with Crippen molar-refractivity contribution in [2.45, 2.75) is 33.6 Å². The Bertz CT molecular complexity index is 785. The van der Waals surface area contributed by atoms with Crippen LogP contribution in [-0.2, 0) is 19.9 Å². The molecule has 27 heavy (non-hydrogen) atoms. The van der Waals surface area contributed by atoms with Crippen LogP contribution in [0.15, 0.2) is 4.99 Å². The molecule has 0 amide bonds. The predicted molar refractivity (Wildman–Crippen MR) is 111 cm³/mol. The summed E-state index contributed by atoms with van der Waals surface area (Å²) in [6.45, 7) is 10.9. The molecule has 9 heteroatoms. The Labute approximate surface area is 165 Å². The van der Waals surface area contributed by atoms with E-state index < -0.39 is 0 Å². The van der Waals surface area contributed by atoms with E-state index >= 15 is 0 Å². The molecule has 8 nitrogen and oxygen atoms in total. The minimum atomic E-state index is 0.858. The third-order valence-electron chi connectivity index (χ3n) is 5.15. The highest BCUT2D eigenvalue weighted by Gasteiger charge is 2.22. The summed E-state index contributed by atoms with van der Waals surface area (Å²) in [5.74, 6) is 1.91. The third-order valence-corrected chi connectivity index (χ3v) is 5.97. The van der Waals surface area contributed by atoms with Crippen LogP contribution in [0.1, 0.15) is 29.7 Å². The van der Waals surface area contributed by atoms with E-state index in [-0.39, 0.29) is 0 Å². The summed E-state index contributed by atoms with van der Waals surface area (Å²) in [4.78, 5) is 13.7. The highest BCUT2D eigenvalue weighted by Crippen LogP contribution is 2.19. The zero-order chi connectivity index (χ0) is 19.4. The van der Waals surface area contributed by atoms with Crippen molar-refractivity contribution in [1.29, 1.82) is 0 Å². The van der Waals surface area contributed by atoms with Gasteiger partial charge >= 0.3 is 0 Å². The summed E-state index contributed by atoms with van der Waals surface area (Å²) < 4.78 is 6.35. The molecule has 1 N–H and O–H groups in total. The highest BCUT2D eigenvalue weighted by atomic mass is 32.1. The number of nitrogens with zero attached hydrogens (tertiary/aromatic N) is 7. The maximum Gasteiger partial charge on any atom is 0.205 e. The second-order valence-corrected chi connectivity index (χ2v) is 7.55. The molecular weight excluding hydrogens is 360 g/mol. The van der Waals surface area contributed by atoms with Gasteiger partial charge in [-0.1, -0.05) is 6.92 Å². The third kappa shape index (κ3) is 4.40. The van der Waals surface area contributed by atoms with E-state index in [0.29, 0.717) is 0 Å². The average molecular weight is 391 g/mol. The number of aliphatic imine (C=N–C) groups is 1. The Balaban J connectivity index is 1.50. The second-order valence-electron chi connectivity index (χ2n) is 6.82. The highest BCUT2D eigenvalue weighted by molar-refractivity contribution is 7.09. The lowest BCUT2D eigenvalue weighted by Crippen LogP contribution is -2.52. The first kappa shape index (κ1) is 19.6. The molecule has 0 spiro atoms. The fourth-order valence-electron chi connectivity index (χ4n) is 3.44. The van der Waals surface area contributed by atoms with Crippen molar-refractivity contribution in [3.63, 3.8) is 0 Å². The van der Waals surface area contributed by atoms with Gasteiger partial charge in [0.2, 0.25) is 5.13 Å². The quantitative estimate of drug-likeness (QED) is 0.614. The molecule has 2 aromatic rings. The largest absolute Gasteiger partial charge is 0.356 e. The topological polar surface area (TPSA) is 74.5 Å². The Morgan fingerprint density at radius 1 is 1.22 bits per heavy atom. The van der Waals surface area contributed by atoms with Crippen molar-refractivity contribution in [1.82, 2.24) is 29.4 Å². The molecule has 0 aliphatic carbocycles. The van der Waals surface area contributed by atoms with Crippen LogP contribution in [0.25, 0.3) is 0 Å². The molecule has 0 atom stereocenters. The van der Waals surface area contributed by atoms with Crippen molar-refractivity contribution in [3.8, 4) is 0 Å². The van der Waals surface area contributed by atoms with Crippen molar-refractivity contribution < 1.29 is 0 Å². The van der Waals surface area contributed by atoms with Gasteiger partial charge in [0.05, 0.1) is 5.69 Å². The van der Waals surface area contributed by atoms with Crippen molar-refractivity contribution >= 4 is 22.6 Å². The molecular formula is C18H30N8S. The zero-order valence-electron chi connectivity index (χ0n) is 17.0. The molecule has 3 heterocycles. The van der Waals surface area contributed by atoms with Gasteiger partial charge in [-0.25, -0.2) is 4.98 Å². The van der Waals surface area contributed by atoms with Crippen LogP contribution < -0.4 is 10.2 Å². The van der Waals surface area contributed by atoms with Crippen LogP contribution in [0.3, 0.4) is 0 Å². The Morgan fingerprint density at radius 2 is 1.96 bits per heavy atom. The van der Waals surface area contributed by atoms with E-state index in [2.05, 4.69) is 55.3 Å². The predicted octanol–water partition coefficient (Wildman–Crippen LogP) is 1.39. The fraction of sp³-hybridized carbons (Fsp3) is 0.667. The minimum absolute atomic E-state index is 0.858. The van der Waals surface area contributed by atoms with Gasteiger partial charge in [-0.3, -0.25) is 9.67 Å². The summed E-state index contributed by atoms with van der Waals surface area (Å²) >= 11 is 1.50. The molecule has 0 unspecified atom stereocenters. The molecule has 1 aliphatic heterocycles. The van der Waals surface area contributed by atoms with Gasteiger partial charge in [0.1, 0.15) is 5.82 Å². The van der Waals surface area contributed by atoms with Crippen LogP contribution in [0.5, 0.6) is 0 Å². The summed E-state index contributed by atoms with van der Waals surface area (Å²) in [5, 5.41) is 9.05. The van der Waals surface area contributed by atoms with Crippen molar-refractivity contribution in [2.75, 3.05) is 44.7 Å². The SMILES string of the molecule is CCc1nsc(N2CCN(C(=NC)NCCc3c(C)nn(C)c3C)CC2)n1. The number of nitrogens with one attached hydrogen (secondary N) is 1. The number of anilines is 1. The molecule has 0 radical (unpaired) electrons. The van der Waals surface area contributed by atoms with Crippen molar-refractivity contribution in [3.05, 3.63) is 22.8 Å². The van der Waals surface area contributed by atoms with Crippen LogP contribution >= 0.6 is 11.5 Å². The smallest absolute Gasteiger partial charge is 0.205 e. The summed E-state index contributed by atoms with van der Waals surface area (Å²) in [5.41, 5.74) is 3.68. The monoisotopic (exact) mass is 390 g/mol. The first-order chi connectivity index (χ1) is 13.0. The lowest BCUT2D eigenvalue weighted by molar-refractivity contribution is 0.372. The maximum absolute atomic E-state index is 4.61. The van der Waals surface area contributed by atoms with E-state index in [9.17, 15) is 0 Å². The van der Waals surface area contributed by atoms with Gasteiger partial charge < -0.3 is 15.1 Å². The van der Waals surface area contributed by atoms with Crippen LogP contribution in [0.4, 0.5) is 5.13 Å². The maximum atomic E-state index is 4.61. The van der Waals surface area contributed by atoms with E-state index in [0.717, 1.165) is 68.2 Å². The van der Waals surface area contributed by atoms with E-state index in [1.54, 1.807) is 0 Å². The number of rotatable bonds is 5. The number of guanidine groups is 1.